The normalized spacial score (nSPS) is 36.7. The minimum Gasteiger partial charge on any atom is -0.400 e. The Morgan fingerprint density at radius 1 is 1.21 bits per heavy atom. The molecule has 2 aliphatic carbocycles. The third-order valence-corrected chi connectivity index (χ3v) is 3.34. The average molecular weight is 190 g/mol. The Kier molecular flexibility index (Phi) is 2.14. The monoisotopic (exact) mass is 190 g/mol. The molecule has 2 rings (SSSR count). The molecule has 0 amide bonds. The van der Waals surface area contributed by atoms with Crippen LogP contribution < -0.4 is 11.5 Å². The van der Waals surface area contributed by atoms with Crippen LogP contribution in [0, 0.1) is 17.8 Å². The fourth-order valence-corrected chi connectivity index (χ4v) is 2.39. The van der Waals surface area contributed by atoms with Crippen LogP contribution in [0.2, 0.25) is 0 Å². The Bertz CT molecular complexity index is 336. The van der Waals surface area contributed by atoms with E-state index in [0.717, 1.165) is 17.8 Å². The largest absolute Gasteiger partial charge is 0.400 e. The summed E-state index contributed by atoms with van der Waals surface area (Å²) >= 11 is 0. The first-order valence-electron chi connectivity index (χ1n) is 5.23. The van der Waals surface area contributed by atoms with Gasteiger partial charge in [0.2, 0.25) is 0 Å². The second-order valence-electron chi connectivity index (χ2n) is 4.51. The number of nitrogens with two attached hydrogens (primary N) is 2. The van der Waals surface area contributed by atoms with E-state index in [1.165, 1.54) is 5.57 Å². The average Bonchev–Trinajstić information content (AvgIpc) is 2.14. The van der Waals surface area contributed by atoms with Crippen molar-refractivity contribution in [1.29, 1.82) is 0 Å². The van der Waals surface area contributed by atoms with Gasteiger partial charge in [-0.05, 0) is 18.4 Å². The summed E-state index contributed by atoms with van der Waals surface area (Å²) in [6.45, 7) is 4.39. The van der Waals surface area contributed by atoms with Gasteiger partial charge in [0, 0.05) is 17.5 Å². The zero-order valence-electron chi connectivity index (χ0n) is 8.83. The van der Waals surface area contributed by atoms with E-state index < -0.39 is 0 Å². The van der Waals surface area contributed by atoms with Gasteiger partial charge < -0.3 is 11.5 Å². The van der Waals surface area contributed by atoms with Crippen LogP contribution >= 0.6 is 0 Å². The molecule has 14 heavy (non-hydrogen) atoms. The molecule has 0 aliphatic heterocycles. The molecule has 2 nitrogen and oxygen atoms in total. The van der Waals surface area contributed by atoms with Gasteiger partial charge in [-0.3, -0.25) is 0 Å². The fourth-order valence-electron chi connectivity index (χ4n) is 2.39. The van der Waals surface area contributed by atoms with Crippen LogP contribution in [0.15, 0.2) is 35.2 Å². The molecule has 0 spiro atoms. The maximum Gasteiger partial charge on any atom is 0.0507 e. The van der Waals surface area contributed by atoms with Crippen molar-refractivity contribution >= 4 is 0 Å². The highest BCUT2D eigenvalue weighted by Gasteiger charge is 2.29. The Morgan fingerprint density at radius 3 is 2.64 bits per heavy atom. The lowest BCUT2D eigenvalue weighted by Gasteiger charge is -2.33. The maximum atomic E-state index is 5.94. The Morgan fingerprint density at radius 2 is 1.93 bits per heavy atom. The molecule has 0 fully saturated rings. The minimum atomic E-state index is 0.360. The second-order valence-corrected chi connectivity index (χ2v) is 4.51. The van der Waals surface area contributed by atoms with Crippen molar-refractivity contribution in [1.82, 2.24) is 0 Å². The molecule has 0 saturated heterocycles. The predicted octanol–water partition coefficient (Wildman–Crippen LogP) is 1.90. The van der Waals surface area contributed by atoms with Crippen LogP contribution in [0.3, 0.4) is 0 Å². The topological polar surface area (TPSA) is 52.0 Å². The van der Waals surface area contributed by atoms with Crippen molar-refractivity contribution in [3.63, 3.8) is 0 Å². The van der Waals surface area contributed by atoms with E-state index >= 15 is 0 Å². The first-order valence-corrected chi connectivity index (χ1v) is 5.23. The third-order valence-electron chi connectivity index (χ3n) is 3.34. The maximum absolute atomic E-state index is 5.94. The van der Waals surface area contributed by atoms with Gasteiger partial charge in [-0.1, -0.05) is 31.6 Å². The molecule has 2 aliphatic rings. The summed E-state index contributed by atoms with van der Waals surface area (Å²) in [5, 5.41) is 0. The molecule has 3 atom stereocenters. The summed E-state index contributed by atoms with van der Waals surface area (Å²) in [5.74, 6) is 1.48. The van der Waals surface area contributed by atoms with Gasteiger partial charge in [0.1, 0.15) is 0 Å². The van der Waals surface area contributed by atoms with Gasteiger partial charge in [-0.2, -0.15) is 0 Å². The van der Waals surface area contributed by atoms with Crippen LogP contribution in [0.25, 0.3) is 0 Å². The summed E-state index contributed by atoms with van der Waals surface area (Å²) < 4.78 is 0. The van der Waals surface area contributed by atoms with Crippen LogP contribution in [-0.2, 0) is 0 Å². The lowest BCUT2D eigenvalue weighted by Crippen LogP contribution is -2.28. The fraction of sp³-hybridized carbons (Fsp3) is 0.500. The number of rotatable bonds is 0. The molecule has 4 N–H and O–H groups in total. The van der Waals surface area contributed by atoms with Crippen molar-refractivity contribution < 1.29 is 0 Å². The highest BCUT2D eigenvalue weighted by atomic mass is 14.7. The second kappa shape index (κ2) is 3.19. The van der Waals surface area contributed by atoms with E-state index in [2.05, 4.69) is 32.1 Å². The molecule has 0 aromatic carbocycles. The van der Waals surface area contributed by atoms with Gasteiger partial charge in [0.15, 0.2) is 0 Å². The predicted molar refractivity (Wildman–Crippen MR) is 59.1 cm³/mol. The van der Waals surface area contributed by atoms with Crippen molar-refractivity contribution in [3.05, 3.63) is 35.2 Å². The number of fused-ring (bicyclic) bond motifs is 1. The van der Waals surface area contributed by atoms with Gasteiger partial charge in [0.05, 0.1) is 5.70 Å². The molecule has 0 aromatic heterocycles. The Hall–Kier alpha value is -1.18. The zero-order valence-corrected chi connectivity index (χ0v) is 8.83. The number of hydrogen-bond acceptors (Lipinski definition) is 2. The van der Waals surface area contributed by atoms with Crippen LogP contribution in [0.1, 0.15) is 20.3 Å². The number of hydrogen-bond donors (Lipinski definition) is 2. The summed E-state index contributed by atoms with van der Waals surface area (Å²) in [6.07, 6.45) is 7.76. The van der Waals surface area contributed by atoms with E-state index in [0.29, 0.717) is 17.8 Å². The van der Waals surface area contributed by atoms with E-state index in [4.69, 9.17) is 11.5 Å². The zero-order chi connectivity index (χ0) is 10.3. The minimum absolute atomic E-state index is 0.360. The highest BCUT2D eigenvalue weighted by Crippen LogP contribution is 2.38. The highest BCUT2D eigenvalue weighted by molar-refractivity contribution is 5.37. The van der Waals surface area contributed by atoms with Gasteiger partial charge >= 0.3 is 0 Å². The molecule has 0 bridgehead atoms. The van der Waals surface area contributed by atoms with Crippen molar-refractivity contribution in [2.24, 2.45) is 29.2 Å². The SMILES string of the molecule is CC1C=CC2C(=CC(N)=C(N)[C@@H]2C)C1. The first kappa shape index (κ1) is 9.38. The first-order chi connectivity index (χ1) is 6.59. The molecule has 2 unspecified atom stereocenters. The summed E-state index contributed by atoms with van der Waals surface area (Å²) in [4.78, 5) is 0. The van der Waals surface area contributed by atoms with E-state index in [-0.39, 0.29) is 0 Å². The molecule has 2 heteroatoms. The lowest BCUT2D eigenvalue weighted by molar-refractivity contribution is 0.477. The van der Waals surface area contributed by atoms with Crippen molar-refractivity contribution in [2.75, 3.05) is 0 Å². The van der Waals surface area contributed by atoms with Gasteiger partial charge in [-0.15, -0.1) is 0 Å². The lowest BCUT2D eigenvalue weighted by atomic mass is 9.74. The van der Waals surface area contributed by atoms with E-state index in [1.54, 1.807) is 0 Å². The molecule has 76 valence electrons. The van der Waals surface area contributed by atoms with Crippen LogP contribution in [0.4, 0.5) is 0 Å². The molecular formula is C12H18N2. The van der Waals surface area contributed by atoms with Crippen molar-refractivity contribution in [2.45, 2.75) is 20.3 Å². The van der Waals surface area contributed by atoms with Crippen molar-refractivity contribution in [3.8, 4) is 0 Å². The Labute approximate surface area is 85.4 Å². The summed E-state index contributed by atoms with van der Waals surface area (Å²) in [5.41, 5.74) is 14.9. The van der Waals surface area contributed by atoms with Gasteiger partial charge in [0.25, 0.3) is 0 Å². The van der Waals surface area contributed by atoms with E-state index in [1.807, 2.05) is 0 Å². The van der Waals surface area contributed by atoms with E-state index in [9.17, 15) is 0 Å². The summed E-state index contributed by atoms with van der Waals surface area (Å²) in [6, 6.07) is 0. The Balaban J connectivity index is 2.38. The molecule has 0 aromatic rings. The van der Waals surface area contributed by atoms with Crippen LogP contribution in [0.5, 0.6) is 0 Å². The molecule has 0 heterocycles. The number of allylic oxidation sites excluding steroid dienone is 5. The summed E-state index contributed by atoms with van der Waals surface area (Å²) in [7, 11) is 0. The molecule has 0 saturated carbocycles. The third kappa shape index (κ3) is 1.35. The molecule has 0 radical (unpaired) electrons. The van der Waals surface area contributed by atoms with Crippen LogP contribution in [-0.4, -0.2) is 0 Å². The smallest absolute Gasteiger partial charge is 0.0507 e. The standard InChI is InChI=1S/C12H18N2/c1-7-3-4-10-8(2)12(14)11(13)6-9(10)5-7/h3-4,6-8,10H,5,13-14H2,1-2H3/t7?,8-,10?/m1/s1. The van der Waals surface area contributed by atoms with Gasteiger partial charge in [-0.25, -0.2) is 0 Å². The molecular weight excluding hydrogens is 172 g/mol. The quantitative estimate of drug-likeness (QED) is 0.573.